The van der Waals surface area contributed by atoms with Gasteiger partial charge in [0.25, 0.3) is 0 Å². The number of nitro groups is 2. The third-order valence-corrected chi connectivity index (χ3v) is 12.7. The summed E-state index contributed by atoms with van der Waals surface area (Å²) in [6.07, 6.45) is 3.25. The van der Waals surface area contributed by atoms with E-state index in [0.717, 1.165) is 49.4 Å². The van der Waals surface area contributed by atoms with E-state index < -0.39 is 62.2 Å². The molecule has 343 valence electrons. The molecule has 5 aromatic rings. The number of guanidine groups is 1. The maximum Gasteiger partial charge on any atom is 0.332 e. The van der Waals surface area contributed by atoms with Crippen LogP contribution in [0.4, 0.5) is 0 Å². The van der Waals surface area contributed by atoms with Crippen molar-refractivity contribution in [1.29, 1.82) is 0 Å². The Kier molecular flexibility index (Phi) is 12.0. The van der Waals surface area contributed by atoms with Gasteiger partial charge in [0.2, 0.25) is 32.9 Å². The van der Waals surface area contributed by atoms with E-state index in [4.69, 9.17) is 5.73 Å². The molecule has 1 fully saturated rings. The average molecular weight is 895 g/mol. The number of hydroxylamine groups is 2. The van der Waals surface area contributed by atoms with E-state index in [2.05, 4.69) is 41.2 Å². The number of nitrogens with one attached hydrogen (secondary N) is 5. The van der Waals surface area contributed by atoms with Gasteiger partial charge in [-0.15, -0.1) is 15.4 Å². The topological polar surface area (TPSA) is 304 Å². The number of aliphatic imine (C=N–C) groups is 1. The highest BCUT2D eigenvalue weighted by Crippen LogP contribution is 2.42. The van der Waals surface area contributed by atoms with Crippen LogP contribution < -0.4 is 21.7 Å². The van der Waals surface area contributed by atoms with Crippen LogP contribution in [0.2, 0.25) is 0 Å². The lowest BCUT2D eigenvalue weighted by Crippen LogP contribution is -2.60. The second-order valence-corrected chi connectivity index (χ2v) is 18.2. The van der Waals surface area contributed by atoms with Crippen LogP contribution in [0, 0.1) is 20.2 Å². The highest BCUT2D eigenvalue weighted by molar-refractivity contribution is 5.96. The lowest BCUT2D eigenvalue weighted by atomic mass is 9.79. The number of carbonyl (C=O) groups is 3. The van der Waals surface area contributed by atoms with Gasteiger partial charge in [-0.2, -0.15) is 0 Å². The minimum Gasteiger partial charge on any atom is -0.359 e. The van der Waals surface area contributed by atoms with Crippen molar-refractivity contribution in [3.63, 3.8) is 0 Å². The molecule has 0 unspecified atom stereocenters. The molecular weight excluding hydrogens is 843 g/mol. The number of nitrogens with two attached hydrogens (primary N) is 1. The molecule has 3 amide bonds. The number of H-pyrrole nitrogens is 2. The van der Waals surface area contributed by atoms with Crippen molar-refractivity contribution in [2.45, 2.75) is 121 Å². The van der Waals surface area contributed by atoms with Gasteiger partial charge in [-0.25, -0.2) is 29.9 Å². The summed E-state index contributed by atoms with van der Waals surface area (Å²) in [6.45, 7) is 7.73. The first kappa shape index (κ1) is 44.6. The van der Waals surface area contributed by atoms with Gasteiger partial charge in [0.15, 0.2) is 0 Å². The van der Waals surface area contributed by atoms with Crippen molar-refractivity contribution in [1.82, 2.24) is 56.0 Å². The monoisotopic (exact) mass is 894 g/mol. The molecule has 0 bridgehead atoms. The van der Waals surface area contributed by atoms with E-state index >= 15 is 0 Å². The van der Waals surface area contributed by atoms with Crippen LogP contribution in [-0.4, -0.2) is 110 Å². The Bertz CT molecular complexity index is 2650. The molecule has 8 rings (SSSR count). The molecule has 1 radical (unpaired) electrons. The molecular formula is C42H52N15O8. The third kappa shape index (κ3) is 8.93. The maximum atomic E-state index is 14.7. The second kappa shape index (κ2) is 17.5. The number of nitrogens with zero attached hydrogens (tertiary/aromatic N) is 9. The smallest absolute Gasteiger partial charge is 0.332 e. The number of fused-ring (bicyclic) bond motifs is 6. The van der Waals surface area contributed by atoms with Crippen molar-refractivity contribution in [2.24, 2.45) is 10.7 Å². The molecule has 0 saturated carbocycles. The maximum absolute atomic E-state index is 14.7. The normalized spacial score (nSPS) is 20.2. The molecule has 23 nitrogen and oxygen atoms in total. The number of aromatic amines is 2. The molecule has 6 heterocycles. The Morgan fingerprint density at radius 1 is 0.954 bits per heavy atom. The summed E-state index contributed by atoms with van der Waals surface area (Å²) in [7, 11) is 0. The van der Waals surface area contributed by atoms with E-state index in [-0.39, 0.29) is 50.8 Å². The number of para-hydroxylation sites is 2. The van der Waals surface area contributed by atoms with Crippen molar-refractivity contribution < 1.29 is 29.7 Å². The number of rotatable bonds is 13. The van der Waals surface area contributed by atoms with Gasteiger partial charge in [-0.3, -0.25) is 19.7 Å². The highest BCUT2D eigenvalue weighted by Gasteiger charge is 2.47. The van der Waals surface area contributed by atoms with E-state index in [1.165, 1.54) is 0 Å². The predicted octanol–water partition coefficient (Wildman–Crippen LogP) is 2.33. The lowest BCUT2D eigenvalue weighted by molar-refractivity contribution is -0.881. The van der Waals surface area contributed by atoms with Gasteiger partial charge in [0.1, 0.15) is 17.8 Å². The molecule has 65 heavy (non-hydrogen) atoms. The molecule has 7 N–H and O–H groups in total. The molecule has 3 atom stereocenters. The first-order valence-corrected chi connectivity index (χ1v) is 21.5. The van der Waals surface area contributed by atoms with Crippen LogP contribution in [0.1, 0.15) is 87.6 Å². The molecule has 23 heteroatoms. The van der Waals surface area contributed by atoms with Gasteiger partial charge in [-0.1, -0.05) is 41.6 Å². The number of benzene rings is 2. The summed E-state index contributed by atoms with van der Waals surface area (Å²) in [6, 6.07) is 12.5. The minimum atomic E-state index is -1.32. The summed E-state index contributed by atoms with van der Waals surface area (Å²) in [4.78, 5) is 78.1. The van der Waals surface area contributed by atoms with Crippen molar-refractivity contribution >= 4 is 45.5 Å². The van der Waals surface area contributed by atoms with Gasteiger partial charge in [0.05, 0.1) is 31.4 Å². The average Bonchev–Trinajstić information content (AvgIpc) is 3.99. The van der Waals surface area contributed by atoms with Crippen molar-refractivity contribution in [3.05, 3.63) is 103 Å². The Balaban J connectivity index is 1.03. The summed E-state index contributed by atoms with van der Waals surface area (Å²) in [5.74, 6) is -2.45. The first-order chi connectivity index (χ1) is 30.9. The number of amides is 3. The van der Waals surface area contributed by atoms with Crippen molar-refractivity contribution in [2.75, 3.05) is 6.54 Å². The largest absolute Gasteiger partial charge is 0.359 e. The fraction of sp³-hybridized carbons (Fsp3) is 0.476. The molecule has 2 aromatic carbocycles. The zero-order chi connectivity index (χ0) is 46.4. The van der Waals surface area contributed by atoms with E-state index in [1.807, 2.05) is 76.2 Å². The Hall–Kier alpha value is -6.98. The SMILES string of the molecule is CC1(C)CC(n2cc(CNC(=O)[C@@H](CCCN=C(N)N([N+](=O)[O-])[N+](=O)[O-])NC(=O)[C@@H]3Cc4c([nH]c5ccccc45)CN3C(=O)[C@@H]3Cc4c([nH]c5ccccc45)CN3)nn2)CC(C)(C)N1[O]. The van der Waals surface area contributed by atoms with Gasteiger partial charge >= 0.3 is 5.96 Å². The number of hydrazine groups is 2. The standard InChI is InChI=1S/C42H52N15O8/c1-41(2)18-25(19-42(3,4)55(41)61)53-22-24(50-51-53)20-46-37(58)32(14-9-15-44-40(43)54(56(62)63)57(64)65)49-38(59)36-17-29-27-11-6-8-13-31(27)48-35(29)23-52(36)39(60)33-16-28-26-10-5-7-12-30(26)47-34(28)21-45-33/h5-8,10-13,22,25,32-33,36,45,47-48H,9,14-21,23H2,1-4H3,(H2,43,44)(H,46,58)(H,49,59)/t32-,33+,36+/m1/s1. The van der Waals surface area contributed by atoms with Crippen molar-refractivity contribution in [3.8, 4) is 0 Å². The molecule has 0 aliphatic carbocycles. The number of piperidine rings is 1. The van der Waals surface area contributed by atoms with Crippen LogP contribution in [0.15, 0.2) is 59.7 Å². The molecule has 0 spiro atoms. The number of aromatic nitrogens is 5. The highest BCUT2D eigenvalue weighted by atomic mass is 16.8. The summed E-state index contributed by atoms with van der Waals surface area (Å²) in [5.41, 5.74) is 10.2. The van der Waals surface area contributed by atoms with Crippen LogP contribution in [0.25, 0.3) is 21.8 Å². The van der Waals surface area contributed by atoms with Gasteiger partial charge in [-0.05, 0) is 83.1 Å². The van der Waals surface area contributed by atoms with Gasteiger partial charge < -0.3 is 31.2 Å². The Morgan fingerprint density at radius 3 is 2.22 bits per heavy atom. The molecule has 3 aliphatic rings. The van der Waals surface area contributed by atoms with Crippen LogP contribution in [0.3, 0.4) is 0 Å². The number of hydrogen-bond acceptors (Lipinski definition) is 12. The van der Waals surface area contributed by atoms with E-state index in [1.54, 1.807) is 15.8 Å². The molecule has 3 aromatic heterocycles. The molecule has 3 aliphatic heterocycles. The lowest BCUT2D eigenvalue weighted by Gasteiger charge is -2.49. The fourth-order valence-corrected chi connectivity index (χ4v) is 9.78. The number of carbonyl (C=O) groups excluding carboxylic acids is 3. The summed E-state index contributed by atoms with van der Waals surface area (Å²) < 4.78 is 1.70. The predicted molar refractivity (Wildman–Crippen MR) is 233 cm³/mol. The quantitative estimate of drug-likeness (QED) is 0.0326. The summed E-state index contributed by atoms with van der Waals surface area (Å²) >= 11 is 0. The van der Waals surface area contributed by atoms with Gasteiger partial charge in [0, 0.05) is 63.8 Å². The third-order valence-electron chi connectivity index (χ3n) is 12.7. The van der Waals surface area contributed by atoms with Crippen LogP contribution in [0.5, 0.6) is 0 Å². The Morgan fingerprint density at radius 2 is 1.57 bits per heavy atom. The second-order valence-electron chi connectivity index (χ2n) is 18.2. The zero-order valence-electron chi connectivity index (χ0n) is 36.4. The summed E-state index contributed by atoms with van der Waals surface area (Å²) in [5, 5.41) is 52.9. The van der Waals surface area contributed by atoms with Crippen LogP contribution in [-0.2, 0) is 52.1 Å². The minimum absolute atomic E-state index is 0.0152. The first-order valence-electron chi connectivity index (χ1n) is 21.5. The van der Waals surface area contributed by atoms with E-state index in [9.17, 15) is 39.8 Å². The Labute approximate surface area is 372 Å². The zero-order valence-corrected chi connectivity index (χ0v) is 36.4. The fourth-order valence-electron chi connectivity index (χ4n) is 9.78. The van der Waals surface area contributed by atoms with E-state index in [0.29, 0.717) is 31.5 Å². The molecule has 1 saturated heterocycles. The number of hydrogen-bond donors (Lipinski definition) is 6. The van der Waals surface area contributed by atoms with Crippen LogP contribution >= 0.6 is 0 Å².